The first-order valence-electron chi connectivity index (χ1n) is 8.99. The molecule has 0 unspecified atom stereocenters. The average Bonchev–Trinajstić information content (AvgIpc) is 2.62. The van der Waals surface area contributed by atoms with Gasteiger partial charge in [-0.15, -0.1) is 0 Å². The molecule has 4 N–H and O–H groups in total. The van der Waals surface area contributed by atoms with Gasteiger partial charge in [0, 0.05) is 23.9 Å². The van der Waals surface area contributed by atoms with E-state index in [0.29, 0.717) is 35.4 Å². The maximum Gasteiger partial charge on any atom is 0.195 e. The lowest BCUT2D eigenvalue weighted by Crippen LogP contribution is -2.14. The maximum atomic E-state index is 13.8. The van der Waals surface area contributed by atoms with E-state index in [-0.39, 0.29) is 16.9 Å². The Bertz CT molecular complexity index is 1050. The van der Waals surface area contributed by atoms with E-state index < -0.39 is 5.82 Å². The summed E-state index contributed by atoms with van der Waals surface area (Å²) in [5, 5.41) is 0.302. The van der Waals surface area contributed by atoms with Crippen molar-refractivity contribution in [3.8, 4) is 11.3 Å². The molecule has 2 aromatic carbocycles. The SMILES string of the molecule is CN(C)CCCOCc1cc(N)c2c(=O)cc(-c3ccc(N)c(F)c3)oc2c1. The molecule has 0 aliphatic rings. The summed E-state index contributed by atoms with van der Waals surface area (Å²) in [6, 6.07) is 9.02. The molecule has 1 aromatic heterocycles. The van der Waals surface area contributed by atoms with Crippen molar-refractivity contribution in [3.63, 3.8) is 0 Å². The van der Waals surface area contributed by atoms with Crippen molar-refractivity contribution in [3.05, 3.63) is 58.0 Å². The van der Waals surface area contributed by atoms with Gasteiger partial charge in [0.25, 0.3) is 0 Å². The van der Waals surface area contributed by atoms with Crippen molar-refractivity contribution in [1.29, 1.82) is 0 Å². The third-order valence-electron chi connectivity index (χ3n) is 4.37. The second-order valence-electron chi connectivity index (χ2n) is 6.98. The molecular formula is C21H24FN3O3. The zero-order valence-corrected chi connectivity index (χ0v) is 16.0. The topological polar surface area (TPSA) is 94.7 Å². The predicted molar refractivity (Wildman–Crippen MR) is 110 cm³/mol. The molecule has 0 spiro atoms. The zero-order chi connectivity index (χ0) is 20.3. The van der Waals surface area contributed by atoms with Crippen molar-refractivity contribution < 1.29 is 13.5 Å². The summed E-state index contributed by atoms with van der Waals surface area (Å²) in [6.07, 6.45) is 0.915. The standard InChI is InChI=1S/C21H24FN3O3/c1-25(2)6-3-7-27-12-13-8-17(24)21-18(26)11-19(28-20(21)9-13)14-4-5-16(23)15(22)10-14/h4-5,8-11H,3,6-7,12,23-24H2,1-2H3. The minimum absolute atomic E-state index is 0.0323. The van der Waals surface area contributed by atoms with Gasteiger partial charge in [0.1, 0.15) is 17.2 Å². The van der Waals surface area contributed by atoms with Gasteiger partial charge < -0.3 is 25.5 Å². The van der Waals surface area contributed by atoms with Crippen LogP contribution in [0.15, 0.2) is 45.6 Å². The van der Waals surface area contributed by atoms with Crippen LogP contribution in [0.2, 0.25) is 0 Å². The van der Waals surface area contributed by atoms with E-state index >= 15 is 0 Å². The van der Waals surface area contributed by atoms with Gasteiger partial charge in [-0.2, -0.15) is 0 Å². The third kappa shape index (κ3) is 4.49. The van der Waals surface area contributed by atoms with E-state index in [1.807, 2.05) is 14.1 Å². The first-order chi connectivity index (χ1) is 13.3. The molecule has 6 nitrogen and oxygen atoms in total. The highest BCUT2D eigenvalue weighted by Gasteiger charge is 2.12. The van der Waals surface area contributed by atoms with Gasteiger partial charge in [0.15, 0.2) is 5.43 Å². The number of nitrogen functional groups attached to an aromatic ring is 2. The molecule has 0 saturated carbocycles. The van der Waals surface area contributed by atoms with Gasteiger partial charge in [-0.05, 0) is 63.0 Å². The Morgan fingerprint density at radius 3 is 2.61 bits per heavy atom. The molecule has 0 aliphatic carbocycles. The quantitative estimate of drug-likeness (QED) is 0.479. The third-order valence-corrected chi connectivity index (χ3v) is 4.37. The van der Waals surface area contributed by atoms with Crippen molar-refractivity contribution >= 4 is 22.3 Å². The van der Waals surface area contributed by atoms with Gasteiger partial charge in [0.05, 0.1) is 17.7 Å². The number of ether oxygens (including phenoxy) is 1. The van der Waals surface area contributed by atoms with Crippen molar-refractivity contribution in [2.24, 2.45) is 0 Å². The second-order valence-corrected chi connectivity index (χ2v) is 6.98. The van der Waals surface area contributed by atoms with Gasteiger partial charge in [0.2, 0.25) is 0 Å². The van der Waals surface area contributed by atoms with Crippen LogP contribution in [0.3, 0.4) is 0 Å². The highest BCUT2D eigenvalue weighted by molar-refractivity contribution is 5.90. The molecule has 0 aliphatic heterocycles. The van der Waals surface area contributed by atoms with Crippen LogP contribution < -0.4 is 16.9 Å². The number of nitrogens with two attached hydrogens (primary N) is 2. The highest BCUT2D eigenvalue weighted by Crippen LogP contribution is 2.28. The van der Waals surface area contributed by atoms with Crippen LogP contribution in [0, 0.1) is 5.82 Å². The van der Waals surface area contributed by atoms with Crippen LogP contribution in [0.5, 0.6) is 0 Å². The number of hydrogen-bond donors (Lipinski definition) is 2. The second kappa shape index (κ2) is 8.41. The number of benzene rings is 2. The van der Waals surface area contributed by atoms with Crippen LogP contribution in [0.4, 0.5) is 15.8 Å². The Labute approximate surface area is 162 Å². The molecule has 0 fully saturated rings. The summed E-state index contributed by atoms with van der Waals surface area (Å²) in [7, 11) is 4.02. The van der Waals surface area contributed by atoms with E-state index in [0.717, 1.165) is 18.5 Å². The number of rotatable bonds is 7. The largest absolute Gasteiger partial charge is 0.456 e. The summed E-state index contributed by atoms with van der Waals surface area (Å²) >= 11 is 0. The van der Waals surface area contributed by atoms with E-state index in [1.165, 1.54) is 18.2 Å². The van der Waals surface area contributed by atoms with E-state index in [2.05, 4.69) is 4.90 Å². The van der Waals surface area contributed by atoms with Crippen LogP contribution in [0.25, 0.3) is 22.3 Å². The number of nitrogens with zero attached hydrogens (tertiary/aromatic N) is 1. The van der Waals surface area contributed by atoms with Crippen LogP contribution in [0.1, 0.15) is 12.0 Å². The average molecular weight is 385 g/mol. The Kier molecular flexibility index (Phi) is 5.96. The summed E-state index contributed by atoms with van der Waals surface area (Å²) in [5.74, 6) is -0.320. The molecule has 0 bridgehead atoms. The van der Waals surface area contributed by atoms with Gasteiger partial charge in [-0.3, -0.25) is 4.79 Å². The van der Waals surface area contributed by atoms with E-state index in [1.54, 1.807) is 18.2 Å². The van der Waals surface area contributed by atoms with E-state index in [9.17, 15) is 9.18 Å². The number of fused-ring (bicyclic) bond motifs is 1. The predicted octanol–water partition coefficient (Wildman–Crippen LogP) is 3.23. The lowest BCUT2D eigenvalue weighted by atomic mass is 10.1. The summed E-state index contributed by atoms with van der Waals surface area (Å²) in [6.45, 7) is 1.92. The highest BCUT2D eigenvalue weighted by atomic mass is 19.1. The molecule has 0 atom stereocenters. The summed E-state index contributed by atoms with van der Waals surface area (Å²) in [4.78, 5) is 14.6. The first kappa shape index (κ1) is 19.9. The molecule has 3 aromatic rings. The molecule has 3 rings (SSSR count). The minimum Gasteiger partial charge on any atom is -0.456 e. The van der Waals surface area contributed by atoms with E-state index in [4.69, 9.17) is 20.6 Å². The lowest BCUT2D eigenvalue weighted by Gasteiger charge is -2.11. The van der Waals surface area contributed by atoms with Crippen molar-refractivity contribution in [2.45, 2.75) is 13.0 Å². The Morgan fingerprint density at radius 1 is 1.11 bits per heavy atom. The van der Waals surface area contributed by atoms with Gasteiger partial charge in [-0.1, -0.05) is 0 Å². The van der Waals surface area contributed by atoms with Crippen molar-refractivity contribution in [2.75, 3.05) is 38.7 Å². The Morgan fingerprint density at radius 2 is 1.89 bits per heavy atom. The lowest BCUT2D eigenvalue weighted by molar-refractivity contribution is 0.113. The molecule has 148 valence electrons. The normalized spacial score (nSPS) is 11.4. The molecule has 0 amide bonds. The molecule has 0 radical (unpaired) electrons. The molecule has 28 heavy (non-hydrogen) atoms. The maximum absolute atomic E-state index is 13.8. The fraction of sp³-hybridized carbons (Fsp3) is 0.286. The summed E-state index contributed by atoms with van der Waals surface area (Å²) in [5.41, 5.74) is 13.2. The first-order valence-corrected chi connectivity index (χ1v) is 8.99. The van der Waals surface area contributed by atoms with Crippen molar-refractivity contribution in [1.82, 2.24) is 4.90 Å². The number of hydrogen-bond acceptors (Lipinski definition) is 6. The van der Waals surface area contributed by atoms with Crippen LogP contribution >= 0.6 is 0 Å². The van der Waals surface area contributed by atoms with Crippen LogP contribution in [-0.2, 0) is 11.3 Å². The fourth-order valence-corrected chi connectivity index (χ4v) is 2.96. The molecule has 0 saturated heterocycles. The Balaban J connectivity index is 1.89. The number of halogens is 1. The minimum atomic E-state index is -0.570. The van der Waals surface area contributed by atoms with Gasteiger partial charge >= 0.3 is 0 Å². The zero-order valence-electron chi connectivity index (χ0n) is 16.0. The van der Waals surface area contributed by atoms with Crippen LogP contribution in [-0.4, -0.2) is 32.1 Å². The monoisotopic (exact) mass is 385 g/mol. The van der Waals surface area contributed by atoms with Gasteiger partial charge in [-0.25, -0.2) is 4.39 Å². The molecule has 7 heteroatoms. The molecular weight excluding hydrogens is 361 g/mol. The number of anilines is 2. The molecule has 1 heterocycles. The fourth-order valence-electron chi connectivity index (χ4n) is 2.96. The Hall–Kier alpha value is -2.90. The smallest absolute Gasteiger partial charge is 0.195 e. The summed E-state index contributed by atoms with van der Waals surface area (Å²) < 4.78 is 25.3.